The second-order valence-electron chi connectivity index (χ2n) is 9.38. The van der Waals surface area contributed by atoms with Gasteiger partial charge in [-0.05, 0) is 68.0 Å². The second-order valence-corrected chi connectivity index (χ2v) is 9.38. The first-order valence-electron chi connectivity index (χ1n) is 11.5. The van der Waals surface area contributed by atoms with Gasteiger partial charge in [-0.15, -0.1) is 0 Å². The highest BCUT2D eigenvalue weighted by atomic mass is 19.1. The smallest absolute Gasteiger partial charge is 0.227 e. The van der Waals surface area contributed by atoms with Gasteiger partial charge in [0.2, 0.25) is 5.91 Å². The Labute approximate surface area is 178 Å². The Morgan fingerprint density at radius 3 is 2.33 bits per heavy atom. The zero-order chi connectivity index (χ0) is 20.6. The van der Waals surface area contributed by atoms with Crippen LogP contribution in [-0.2, 0) is 4.79 Å². The van der Waals surface area contributed by atoms with Crippen LogP contribution in [0.2, 0.25) is 0 Å². The molecule has 1 spiro atoms. The Hall–Kier alpha value is -2.20. The molecule has 3 atom stereocenters. The molecule has 0 bridgehead atoms. The topological polar surface area (TPSA) is 32.3 Å². The molecular weight excluding hydrogens is 375 g/mol. The highest BCUT2D eigenvalue weighted by Crippen LogP contribution is 2.49. The normalized spacial score (nSPS) is 29.1. The predicted molar refractivity (Wildman–Crippen MR) is 117 cm³/mol. The number of nitrogens with zero attached hydrogens (tertiary/aromatic N) is 1. The van der Waals surface area contributed by atoms with Gasteiger partial charge in [-0.1, -0.05) is 55.3 Å². The number of likely N-dealkylation sites (tertiary alicyclic amines) is 1. The number of carbonyl (C=O) groups is 1. The summed E-state index contributed by atoms with van der Waals surface area (Å²) >= 11 is 0. The number of piperidine rings is 1. The van der Waals surface area contributed by atoms with Gasteiger partial charge in [0.15, 0.2) is 0 Å². The average molecular weight is 407 g/mol. The van der Waals surface area contributed by atoms with Gasteiger partial charge in [0.1, 0.15) is 5.82 Å². The molecule has 1 amide bonds. The number of hydrogen-bond donors (Lipinski definition) is 1. The van der Waals surface area contributed by atoms with Gasteiger partial charge in [0.05, 0.1) is 5.41 Å². The highest BCUT2D eigenvalue weighted by molar-refractivity contribution is 5.86. The molecule has 30 heavy (non-hydrogen) atoms. The number of nitrogens with one attached hydrogen (secondary N) is 1. The largest absolute Gasteiger partial charge is 0.355 e. The summed E-state index contributed by atoms with van der Waals surface area (Å²) in [7, 11) is 0. The summed E-state index contributed by atoms with van der Waals surface area (Å²) in [5.74, 6) is 0.822. The van der Waals surface area contributed by atoms with Crippen LogP contribution in [-0.4, -0.2) is 36.5 Å². The maximum Gasteiger partial charge on any atom is 0.227 e. The summed E-state index contributed by atoms with van der Waals surface area (Å²) in [6, 6.07) is 18.2. The molecule has 1 aliphatic carbocycles. The third-order valence-electron chi connectivity index (χ3n) is 7.97. The van der Waals surface area contributed by atoms with E-state index in [4.69, 9.17) is 0 Å². The van der Waals surface area contributed by atoms with Crippen LogP contribution in [0.4, 0.5) is 4.39 Å². The molecule has 1 saturated carbocycles. The number of halogens is 1. The zero-order valence-corrected chi connectivity index (χ0v) is 17.5. The van der Waals surface area contributed by atoms with E-state index in [1.54, 1.807) is 12.1 Å². The third-order valence-corrected chi connectivity index (χ3v) is 7.97. The number of rotatable bonds is 3. The maximum absolute atomic E-state index is 13.4. The monoisotopic (exact) mass is 406 g/mol. The third kappa shape index (κ3) is 3.45. The molecule has 158 valence electrons. The molecule has 5 rings (SSSR count). The molecule has 2 saturated heterocycles. The van der Waals surface area contributed by atoms with Crippen molar-refractivity contribution in [3.05, 3.63) is 71.5 Å². The van der Waals surface area contributed by atoms with Gasteiger partial charge in [-0.25, -0.2) is 4.39 Å². The first-order chi connectivity index (χ1) is 14.7. The summed E-state index contributed by atoms with van der Waals surface area (Å²) in [4.78, 5) is 15.6. The Morgan fingerprint density at radius 1 is 0.900 bits per heavy atom. The van der Waals surface area contributed by atoms with Crippen molar-refractivity contribution in [3.63, 3.8) is 0 Å². The molecule has 2 heterocycles. The quantitative estimate of drug-likeness (QED) is 0.790. The van der Waals surface area contributed by atoms with Crippen LogP contribution in [0.15, 0.2) is 54.6 Å². The number of benzene rings is 2. The van der Waals surface area contributed by atoms with Crippen molar-refractivity contribution in [2.24, 2.45) is 5.41 Å². The minimum Gasteiger partial charge on any atom is -0.355 e. The molecule has 2 aliphatic heterocycles. The lowest BCUT2D eigenvalue weighted by Crippen LogP contribution is -2.51. The average Bonchev–Trinajstić information content (AvgIpc) is 3.11. The summed E-state index contributed by atoms with van der Waals surface area (Å²) in [5, 5.41) is 3.17. The van der Waals surface area contributed by atoms with Gasteiger partial charge >= 0.3 is 0 Å². The molecule has 0 radical (unpaired) electrons. The summed E-state index contributed by atoms with van der Waals surface area (Å²) in [5.41, 5.74) is 2.28. The van der Waals surface area contributed by atoms with Gasteiger partial charge in [0, 0.05) is 18.5 Å². The molecule has 3 aliphatic rings. The zero-order valence-electron chi connectivity index (χ0n) is 17.5. The van der Waals surface area contributed by atoms with Crippen molar-refractivity contribution in [2.75, 3.05) is 19.6 Å². The Bertz CT molecular complexity index is 874. The minimum absolute atomic E-state index is 0.162. The van der Waals surface area contributed by atoms with E-state index < -0.39 is 0 Å². The van der Waals surface area contributed by atoms with Crippen molar-refractivity contribution < 1.29 is 9.18 Å². The second kappa shape index (κ2) is 8.14. The number of carbonyl (C=O) groups excluding carboxylic acids is 1. The van der Waals surface area contributed by atoms with E-state index in [9.17, 15) is 9.18 Å². The van der Waals surface area contributed by atoms with Crippen LogP contribution in [0.25, 0.3) is 0 Å². The lowest BCUT2D eigenvalue weighted by atomic mass is 9.67. The molecule has 1 N–H and O–H groups in total. The van der Waals surface area contributed by atoms with Gasteiger partial charge in [-0.3, -0.25) is 9.69 Å². The Balaban J connectivity index is 1.34. The van der Waals surface area contributed by atoms with Crippen molar-refractivity contribution in [1.29, 1.82) is 0 Å². The van der Waals surface area contributed by atoms with Crippen LogP contribution in [0.3, 0.4) is 0 Å². The van der Waals surface area contributed by atoms with E-state index in [1.165, 1.54) is 36.8 Å². The highest BCUT2D eigenvalue weighted by Gasteiger charge is 2.52. The van der Waals surface area contributed by atoms with Crippen molar-refractivity contribution in [1.82, 2.24) is 10.2 Å². The molecular formula is C26H31FN2O. The molecule has 0 aromatic heterocycles. The van der Waals surface area contributed by atoms with Crippen molar-refractivity contribution in [2.45, 2.75) is 56.4 Å². The lowest BCUT2D eigenvalue weighted by molar-refractivity contribution is -0.131. The van der Waals surface area contributed by atoms with Crippen LogP contribution in [0.1, 0.15) is 61.5 Å². The van der Waals surface area contributed by atoms with Crippen LogP contribution in [0, 0.1) is 11.2 Å². The Morgan fingerprint density at radius 2 is 1.60 bits per heavy atom. The van der Waals surface area contributed by atoms with Crippen LogP contribution in [0.5, 0.6) is 0 Å². The summed E-state index contributed by atoms with van der Waals surface area (Å²) < 4.78 is 13.4. The molecule has 3 nitrogen and oxygen atoms in total. The van der Waals surface area contributed by atoms with E-state index in [1.807, 2.05) is 18.2 Å². The van der Waals surface area contributed by atoms with Gasteiger partial charge in [0.25, 0.3) is 0 Å². The standard InChI is InChI=1S/C26H31FN2O/c27-21-12-10-19(11-13-21)22-8-4-5-9-24(22)29-16-14-26(15-17-29)23(18-28-25(26)30)20-6-2-1-3-7-20/h1-3,6-7,10-13,22-24H,4-5,8-9,14-18H2,(H,28,30)/t22-,23?,24-/m1/s1. The lowest BCUT2D eigenvalue weighted by Gasteiger charge is -2.47. The van der Waals surface area contributed by atoms with E-state index in [-0.39, 0.29) is 23.1 Å². The SMILES string of the molecule is O=C1NCC(c2ccccc2)C12CCN([C@@H]1CCCC[C@@H]1c1ccc(F)cc1)CC2. The molecule has 1 unspecified atom stereocenters. The summed E-state index contributed by atoms with van der Waals surface area (Å²) in [6.07, 6.45) is 6.72. The van der Waals surface area contributed by atoms with Crippen LogP contribution < -0.4 is 5.32 Å². The fourth-order valence-corrected chi connectivity index (χ4v) is 6.32. The fraction of sp³-hybridized carbons (Fsp3) is 0.500. The van der Waals surface area contributed by atoms with Crippen LogP contribution >= 0.6 is 0 Å². The first-order valence-corrected chi connectivity index (χ1v) is 11.5. The molecule has 3 fully saturated rings. The van der Waals surface area contributed by atoms with Crippen molar-refractivity contribution >= 4 is 5.91 Å². The summed E-state index contributed by atoms with van der Waals surface area (Å²) in [6.45, 7) is 2.70. The van der Waals surface area contributed by atoms with Gasteiger partial charge < -0.3 is 5.32 Å². The predicted octanol–water partition coefficient (Wildman–Crippen LogP) is 4.85. The Kier molecular flexibility index (Phi) is 5.36. The van der Waals surface area contributed by atoms with Crippen molar-refractivity contribution in [3.8, 4) is 0 Å². The van der Waals surface area contributed by atoms with E-state index in [0.717, 1.165) is 32.5 Å². The molecule has 4 heteroatoms. The number of hydrogen-bond acceptors (Lipinski definition) is 2. The number of amides is 1. The van der Waals surface area contributed by atoms with Gasteiger partial charge in [-0.2, -0.15) is 0 Å². The first kappa shape index (κ1) is 19.7. The fourth-order valence-electron chi connectivity index (χ4n) is 6.32. The minimum atomic E-state index is -0.266. The van der Waals surface area contributed by atoms with E-state index in [2.05, 4.69) is 34.5 Å². The van der Waals surface area contributed by atoms with E-state index >= 15 is 0 Å². The maximum atomic E-state index is 13.4. The van der Waals surface area contributed by atoms with E-state index in [0.29, 0.717) is 12.0 Å². The molecule has 2 aromatic carbocycles. The molecule has 2 aromatic rings.